The van der Waals surface area contributed by atoms with Crippen LogP contribution in [0.3, 0.4) is 0 Å². The van der Waals surface area contributed by atoms with Crippen LogP contribution in [-0.4, -0.2) is 28.6 Å². The van der Waals surface area contributed by atoms with Gasteiger partial charge in [0.1, 0.15) is 6.10 Å². The molecule has 2 saturated heterocycles. The first kappa shape index (κ1) is 12.2. The van der Waals surface area contributed by atoms with Gasteiger partial charge in [0.05, 0.1) is 12.0 Å². The van der Waals surface area contributed by atoms with Crippen molar-refractivity contribution in [3.8, 4) is 0 Å². The SMILES string of the molecule is C[C@@H]1C=C[C@@H]2CC(=O)O[C@@H]2C[C@@]2(C)CC[C@]1(O)O2. The van der Waals surface area contributed by atoms with Crippen LogP contribution in [0.1, 0.15) is 39.5 Å². The molecular formula is C14H20O4. The molecule has 0 aromatic carbocycles. The summed E-state index contributed by atoms with van der Waals surface area (Å²) in [5.74, 6) is -1.12. The first-order valence-electron chi connectivity index (χ1n) is 6.71. The Balaban J connectivity index is 1.93. The Bertz CT molecular complexity index is 405. The number of esters is 1. The molecule has 0 aliphatic carbocycles. The Morgan fingerprint density at radius 3 is 2.94 bits per heavy atom. The standard InChI is InChI=1S/C14H20O4/c1-9-3-4-10-7-12(15)17-11(10)8-13(2)5-6-14(9,16)18-13/h3-4,9-11,16H,5-8H2,1-2H3/t9-,10-,11-,13-,14+/m1/s1. The number of rotatable bonds is 0. The van der Waals surface area contributed by atoms with Crippen molar-refractivity contribution >= 4 is 5.97 Å². The van der Waals surface area contributed by atoms with Gasteiger partial charge in [-0.2, -0.15) is 0 Å². The number of aliphatic hydroxyl groups is 1. The molecule has 3 rings (SSSR count). The van der Waals surface area contributed by atoms with Gasteiger partial charge in [-0.15, -0.1) is 0 Å². The van der Waals surface area contributed by atoms with Crippen LogP contribution in [0.5, 0.6) is 0 Å². The van der Waals surface area contributed by atoms with Gasteiger partial charge in [-0.3, -0.25) is 4.79 Å². The third kappa shape index (κ3) is 1.88. The van der Waals surface area contributed by atoms with E-state index in [0.29, 0.717) is 19.3 Å². The smallest absolute Gasteiger partial charge is 0.306 e. The van der Waals surface area contributed by atoms with Crippen LogP contribution in [-0.2, 0) is 14.3 Å². The lowest BCUT2D eigenvalue weighted by atomic mass is 9.85. The van der Waals surface area contributed by atoms with Gasteiger partial charge in [0.2, 0.25) is 0 Å². The van der Waals surface area contributed by atoms with Gasteiger partial charge >= 0.3 is 5.97 Å². The molecule has 0 spiro atoms. The number of ether oxygens (including phenoxy) is 2. The van der Waals surface area contributed by atoms with Crippen LogP contribution >= 0.6 is 0 Å². The second kappa shape index (κ2) is 3.81. The van der Waals surface area contributed by atoms with E-state index >= 15 is 0 Å². The third-order valence-electron chi connectivity index (χ3n) is 4.59. The maximum absolute atomic E-state index is 11.4. The van der Waals surface area contributed by atoms with E-state index in [1.165, 1.54) is 0 Å². The average molecular weight is 252 g/mol. The monoisotopic (exact) mass is 252 g/mol. The molecule has 0 unspecified atom stereocenters. The molecule has 4 heteroatoms. The molecule has 2 bridgehead atoms. The number of carbonyl (C=O) groups excluding carboxylic acids is 1. The van der Waals surface area contributed by atoms with E-state index in [4.69, 9.17) is 9.47 Å². The molecule has 0 aromatic heterocycles. The van der Waals surface area contributed by atoms with Crippen molar-refractivity contribution in [1.29, 1.82) is 0 Å². The fourth-order valence-corrected chi connectivity index (χ4v) is 3.34. The second-order valence-electron chi connectivity index (χ2n) is 6.17. The maximum Gasteiger partial charge on any atom is 0.306 e. The van der Waals surface area contributed by atoms with Gasteiger partial charge in [-0.05, 0) is 13.3 Å². The minimum Gasteiger partial charge on any atom is -0.462 e. The Morgan fingerprint density at radius 1 is 1.39 bits per heavy atom. The summed E-state index contributed by atoms with van der Waals surface area (Å²) in [6.07, 6.45) is 6.45. The second-order valence-corrected chi connectivity index (χ2v) is 6.17. The van der Waals surface area contributed by atoms with E-state index in [1.807, 2.05) is 26.0 Å². The molecule has 3 aliphatic heterocycles. The first-order valence-corrected chi connectivity index (χ1v) is 6.71. The summed E-state index contributed by atoms with van der Waals surface area (Å²) in [6.45, 7) is 3.96. The highest BCUT2D eigenvalue weighted by molar-refractivity contribution is 5.72. The molecule has 3 aliphatic rings. The fourth-order valence-electron chi connectivity index (χ4n) is 3.34. The highest BCUT2D eigenvalue weighted by Crippen LogP contribution is 2.46. The van der Waals surface area contributed by atoms with Gasteiger partial charge in [0, 0.05) is 24.7 Å². The molecule has 0 amide bonds. The zero-order valence-electron chi connectivity index (χ0n) is 10.9. The molecule has 18 heavy (non-hydrogen) atoms. The maximum atomic E-state index is 11.4. The van der Waals surface area contributed by atoms with Gasteiger partial charge < -0.3 is 14.6 Å². The van der Waals surface area contributed by atoms with E-state index in [-0.39, 0.29) is 29.5 Å². The van der Waals surface area contributed by atoms with Crippen LogP contribution in [0.15, 0.2) is 12.2 Å². The summed E-state index contributed by atoms with van der Waals surface area (Å²) in [6, 6.07) is 0. The van der Waals surface area contributed by atoms with E-state index in [2.05, 4.69) is 0 Å². The Labute approximate surface area is 107 Å². The minimum absolute atomic E-state index is 0.0613. The van der Waals surface area contributed by atoms with E-state index in [9.17, 15) is 9.90 Å². The van der Waals surface area contributed by atoms with Crippen LogP contribution in [0.25, 0.3) is 0 Å². The molecule has 100 valence electrons. The summed E-state index contributed by atoms with van der Waals surface area (Å²) in [5.41, 5.74) is -0.386. The van der Waals surface area contributed by atoms with Crippen LogP contribution in [0.2, 0.25) is 0 Å². The highest BCUT2D eigenvalue weighted by atomic mass is 16.6. The molecule has 4 nitrogen and oxygen atoms in total. The molecule has 0 aromatic rings. The Hall–Kier alpha value is -0.870. The average Bonchev–Trinajstić information content (AvgIpc) is 2.77. The molecule has 1 N–H and O–H groups in total. The third-order valence-corrected chi connectivity index (χ3v) is 4.59. The topological polar surface area (TPSA) is 55.8 Å². The van der Waals surface area contributed by atoms with Gasteiger partial charge in [-0.25, -0.2) is 0 Å². The van der Waals surface area contributed by atoms with Crippen molar-refractivity contribution < 1.29 is 19.4 Å². The lowest BCUT2D eigenvalue weighted by Crippen LogP contribution is -2.39. The van der Waals surface area contributed by atoms with Crippen molar-refractivity contribution in [2.45, 2.75) is 57.0 Å². The van der Waals surface area contributed by atoms with Crippen molar-refractivity contribution in [2.24, 2.45) is 11.8 Å². The molecular weight excluding hydrogens is 232 g/mol. The van der Waals surface area contributed by atoms with Crippen molar-refractivity contribution in [3.05, 3.63) is 12.2 Å². The summed E-state index contributed by atoms with van der Waals surface area (Å²) in [4.78, 5) is 11.4. The van der Waals surface area contributed by atoms with Gasteiger partial charge in [0.25, 0.3) is 0 Å². The normalized spacial score (nSPS) is 51.3. The quantitative estimate of drug-likeness (QED) is 0.527. The summed E-state index contributed by atoms with van der Waals surface area (Å²) in [7, 11) is 0. The van der Waals surface area contributed by atoms with Crippen molar-refractivity contribution in [2.75, 3.05) is 0 Å². The number of carbonyl (C=O) groups is 1. The molecule has 0 saturated carbocycles. The number of hydrogen-bond donors (Lipinski definition) is 1. The van der Waals surface area contributed by atoms with Crippen LogP contribution in [0.4, 0.5) is 0 Å². The van der Waals surface area contributed by atoms with Crippen molar-refractivity contribution in [1.82, 2.24) is 0 Å². The zero-order valence-corrected chi connectivity index (χ0v) is 10.9. The fraction of sp³-hybridized carbons (Fsp3) is 0.786. The summed E-state index contributed by atoms with van der Waals surface area (Å²) in [5, 5.41) is 10.5. The summed E-state index contributed by atoms with van der Waals surface area (Å²) >= 11 is 0. The van der Waals surface area contributed by atoms with E-state index < -0.39 is 5.79 Å². The Kier molecular flexibility index (Phi) is 2.58. The Morgan fingerprint density at radius 2 is 2.17 bits per heavy atom. The van der Waals surface area contributed by atoms with E-state index in [1.54, 1.807) is 0 Å². The van der Waals surface area contributed by atoms with E-state index in [0.717, 1.165) is 6.42 Å². The highest BCUT2D eigenvalue weighted by Gasteiger charge is 2.51. The number of fused-ring (bicyclic) bond motifs is 3. The predicted octanol–water partition coefficient (Wildman–Crippen LogP) is 1.77. The van der Waals surface area contributed by atoms with Gasteiger partial charge in [0.15, 0.2) is 5.79 Å². The minimum atomic E-state index is -1.06. The van der Waals surface area contributed by atoms with Crippen LogP contribution < -0.4 is 0 Å². The lowest BCUT2D eigenvalue weighted by molar-refractivity contribution is -0.241. The molecule has 5 atom stereocenters. The molecule has 2 fully saturated rings. The van der Waals surface area contributed by atoms with Crippen molar-refractivity contribution in [3.63, 3.8) is 0 Å². The largest absolute Gasteiger partial charge is 0.462 e. The lowest BCUT2D eigenvalue weighted by Gasteiger charge is -2.32. The van der Waals surface area contributed by atoms with Crippen LogP contribution in [0, 0.1) is 11.8 Å². The van der Waals surface area contributed by atoms with Gasteiger partial charge in [-0.1, -0.05) is 19.1 Å². The predicted molar refractivity (Wildman–Crippen MR) is 64.6 cm³/mol. The summed E-state index contributed by atoms with van der Waals surface area (Å²) < 4.78 is 11.3. The first-order chi connectivity index (χ1) is 8.40. The molecule has 3 heterocycles. The zero-order chi connectivity index (χ0) is 13.0. The number of hydrogen-bond acceptors (Lipinski definition) is 4. The molecule has 0 radical (unpaired) electrons.